The van der Waals surface area contributed by atoms with Gasteiger partial charge in [-0.3, -0.25) is 9.48 Å². The molecule has 0 saturated heterocycles. The number of halogens is 2. The van der Waals surface area contributed by atoms with Gasteiger partial charge in [0.05, 0.1) is 12.2 Å². The molecular weight excluding hydrogens is 316 g/mol. The number of benzene rings is 1. The largest absolute Gasteiger partial charge is 0.392 e. The Balaban J connectivity index is 2.30. The van der Waals surface area contributed by atoms with Crippen molar-refractivity contribution in [3.8, 4) is 0 Å². The van der Waals surface area contributed by atoms with Gasteiger partial charge in [0.1, 0.15) is 0 Å². The number of carbonyl (C=O) groups excluding carboxylic acids is 1. The van der Waals surface area contributed by atoms with E-state index in [4.69, 9.17) is 0 Å². The van der Waals surface area contributed by atoms with E-state index in [9.17, 15) is 18.7 Å². The van der Waals surface area contributed by atoms with Crippen molar-refractivity contribution in [2.45, 2.75) is 40.3 Å². The molecular formula is C17H21F2N3O2. The Labute approximate surface area is 139 Å². The fourth-order valence-corrected chi connectivity index (χ4v) is 2.32. The minimum absolute atomic E-state index is 0.172. The van der Waals surface area contributed by atoms with Crippen LogP contribution in [0.5, 0.6) is 0 Å². The number of nitrogens with one attached hydrogen (secondary N) is 1. The molecule has 1 aromatic heterocycles. The van der Waals surface area contributed by atoms with E-state index in [2.05, 4.69) is 10.4 Å². The van der Waals surface area contributed by atoms with Gasteiger partial charge in [0, 0.05) is 18.4 Å². The standard InChI is InChI=1S/C17H21F2N3O2/c1-10(2)7-22-8-13(16(18)19)15(21-22)17(24)20-14-6-12(9-23)5-4-11(14)3/h4-6,8,10,16,23H,7,9H2,1-3H3,(H,20,24). The number of amides is 1. The number of aliphatic hydroxyl groups excluding tert-OH is 1. The lowest BCUT2D eigenvalue weighted by Crippen LogP contribution is -2.16. The first kappa shape index (κ1) is 18.1. The van der Waals surface area contributed by atoms with Crippen molar-refractivity contribution in [1.82, 2.24) is 9.78 Å². The molecule has 0 fully saturated rings. The molecule has 0 aliphatic heterocycles. The van der Waals surface area contributed by atoms with Crippen molar-refractivity contribution in [3.05, 3.63) is 46.8 Å². The zero-order chi connectivity index (χ0) is 17.9. The molecule has 0 aliphatic carbocycles. The smallest absolute Gasteiger partial charge is 0.276 e. The normalized spacial score (nSPS) is 11.3. The fourth-order valence-electron chi connectivity index (χ4n) is 2.32. The summed E-state index contributed by atoms with van der Waals surface area (Å²) in [6.07, 6.45) is -1.56. The molecule has 2 rings (SSSR count). The van der Waals surface area contributed by atoms with Gasteiger partial charge >= 0.3 is 0 Å². The number of hydrogen-bond donors (Lipinski definition) is 2. The van der Waals surface area contributed by atoms with Crippen LogP contribution in [0.25, 0.3) is 0 Å². The van der Waals surface area contributed by atoms with Crippen LogP contribution in [0.3, 0.4) is 0 Å². The Bertz CT molecular complexity index is 727. The van der Waals surface area contributed by atoms with Gasteiger partial charge in [0.15, 0.2) is 5.69 Å². The summed E-state index contributed by atoms with van der Waals surface area (Å²) >= 11 is 0. The molecule has 0 unspecified atom stereocenters. The van der Waals surface area contributed by atoms with Crippen LogP contribution in [0.4, 0.5) is 14.5 Å². The predicted molar refractivity (Wildman–Crippen MR) is 87.1 cm³/mol. The van der Waals surface area contributed by atoms with E-state index >= 15 is 0 Å². The highest BCUT2D eigenvalue weighted by atomic mass is 19.3. The highest BCUT2D eigenvalue weighted by Crippen LogP contribution is 2.24. The summed E-state index contributed by atoms with van der Waals surface area (Å²) in [5.41, 5.74) is 1.19. The Morgan fingerprint density at radius 1 is 1.38 bits per heavy atom. The van der Waals surface area contributed by atoms with Gasteiger partial charge in [-0.05, 0) is 30.0 Å². The molecule has 0 atom stereocenters. The van der Waals surface area contributed by atoms with Crippen LogP contribution in [0.15, 0.2) is 24.4 Å². The van der Waals surface area contributed by atoms with Crippen molar-refractivity contribution in [2.24, 2.45) is 5.92 Å². The summed E-state index contributed by atoms with van der Waals surface area (Å²) in [6.45, 7) is 5.93. The quantitative estimate of drug-likeness (QED) is 0.847. The number of carbonyl (C=O) groups is 1. The second-order valence-corrected chi connectivity index (χ2v) is 6.11. The second kappa shape index (κ2) is 7.53. The molecule has 1 amide bonds. The predicted octanol–water partition coefficient (Wildman–Crippen LogP) is 3.53. The van der Waals surface area contributed by atoms with Crippen LogP contribution in [0.2, 0.25) is 0 Å². The van der Waals surface area contributed by atoms with E-state index in [1.54, 1.807) is 25.1 Å². The third-order valence-electron chi connectivity index (χ3n) is 3.53. The van der Waals surface area contributed by atoms with E-state index in [0.29, 0.717) is 17.8 Å². The number of aromatic nitrogens is 2. The maximum atomic E-state index is 13.2. The molecule has 0 saturated carbocycles. The third kappa shape index (κ3) is 4.17. The number of alkyl halides is 2. The first-order chi connectivity index (χ1) is 11.3. The van der Waals surface area contributed by atoms with Crippen molar-refractivity contribution in [1.29, 1.82) is 0 Å². The van der Waals surface area contributed by atoms with Gasteiger partial charge in [-0.25, -0.2) is 8.78 Å². The Morgan fingerprint density at radius 3 is 2.67 bits per heavy atom. The van der Waals surface area contributed by atoms with Crippen molar-refractivity contribution in [3.63, 3.8) is 0 Å². The lowest BCUT2D eigenvalue weighted by molar-refractivity contribution is 0.100. The molecule has 24 heavy (non-hydrogen) atoms. The van der Waals surface area contributed by atoms with Gasteiger partial charge in [-0.1, -0.05) is 26.0 Å². The molecule has 2 N–H and O–H groups in total. The first-order valence-corrected chi connectivity index (χ1v) is 7.69. The highest BCUT2D eigenvalue weighted by Gasteiger charge is 2.24. The number of aryl methyl sites for hydroxylation is 1. The van der Waals surface area contributed by atoms with E-state index in [0.717, 1.165) is 5.56 Å². The average Bonchev–Trinajstić information content (AvgIpc) is 2.93. The number of anilines is 1. The summed E-state index contributed by atoms with van der Waals surface area (Å²) in [5.74, 6) is -0.471. The molecule has 130 valence electrons. The zero-order valence-corrected chi connectivity index (χ0v) is 13.9. The average molecular weight is 337 g/mol. The first-order valence-electron chi connectivity index (χ1n) is 7.69. The van der Waals surface area contributed by atoms with E-state index in [-0.39, 0.29) is 23.8 Å². The van der Waals surface area contributed by atoms with Crippen molar-refractivity contribution < 1.29 is 18.7 Å². The van der Waals surface area contributed by atoms with Crippen LogP contribution < -0.4 is 5.32 Å². The molecule has 7 heteroatoms. The molecule has 2 aromatic rings. The van der Waals surface area contributed by atoms with E-state index in [1.807, 2.05) is 13.8 Å². The van der Waals surface area contributed by atoms with Gasteiger partial charge < -0.3 is 10.4 Å². The Kier molecular flexibility index (Phi) is 5.66. The SMILES string of the molecule is Cc1ccc(CO)cc1NC(=O)c1nn(CC(C)C)cc1C(F)F. The number of hydrogen-bond acceptors (Lipinski definition) is 3. The van der Waals surface area contributed by atoms with Crippen LogP contribution in [0.1, 0.15) is 47.5 Å². The van der Waals surface area contributed by atoms with Crippen LogP contribution >= 0.6 is 0 Å². The monoisotopic (exact) mass is 337 g/mol. The van der Waals surface area contributed by atoms with Crippen molar-refractivity contribution in [2.75, 3.05) is 5.32 Å². The molecule has 0 radical (unpaired) electrons. The minimum Gasteiger partial charge on any atom is -0.392 e. The summed E-state index contributed by atoms with van der Waals surface area (Å²) < 4.78 is 27.8. The maximum Gasteiger partial charge on any atom is 0.276 e. The zero-order valence-electron chi connectivity index (χ0n) is 13.9. The van der Waals surface area contributed by atoms with Crippen LogP contribution in [0, 0.1) is 12.8 Å². The molecule has 0 bridgehead atoms. The summed E-state index contributed by atoms with van der Waals surface area (Å²) in [5, 5.41) is 15.8. The van der Waals surface area contributed by atoms with Crippen LogP contribution in [-0.2, 0) is 13.2 Å². The second-order valence-electron chi connectivity index (χ2n) is 6.11. The molecule has 0 aliphatic rings. The topological polar surface area (TPSA) is 67.2 Å². The fraction of sp³-hybridized carbons (Fsp3) is 0.412. The molecule has 1 heterocycles. The lowest BCUT2D eigenvalue weighted by atomic mass is 10.1. The number of rotatable bonds is 6. The number of aliphatic hydroxyl groups is 1. The third-order valence-corrected chi connectivity index (χ3v) is 3.53. The molecule has 5 nitrogen and oxygen atoms in total. The summed E-state index contributed by atoms with van der Waals surface area (Å²) in [4.78, 5) is 12.4. The van der Waals surface area contributed by atoms with Gasteiger partial charge in [0.2, 0.25) is 0 Å². The van der Waals surface area contributed by atoms with Crippen molar-refractivity contribution >= 4 is 11.6 Å². The molecule has 1 aromatic carbocycles. The minimum atomic E-state index is -2.78. The summed E-state index contributed by atoms with van der Waals surface area (Å²) in [6, 6.07) is 5.08. The van der Waals surface area contributed by atoms with Gasteiger partial charge in [-0.2, -0.15) is 5.10 Å². The van der Waals surface area contributed by atoms with Gasteiger partial charge in [-0.15, -0.1) is 0 Å². The Hall–Kier alpha value is -2.28. The van der Waals surface area contributed by atoms with Gasteiger partial charge in [0.25, 0.3) is 12.3 Å². The van der Waals surface area contributed by atoms with Crippen LogP contribution in [-0.4, -0.2) is 20.8 Å². The maximum absolute atomic E-state index is 13.2. The Morgan fingerprint density at radius 2 is 2.08 bits per heavy atom. The number of nitrogens with zero attached hydrogens (tertiary/aromatic N) is 2. The summed E-state index contributed by atoms with van der Waals surface area (Å²) in [7, 11) is 0. The van der Waals surface area contributed by atoms with E-state index < -0.39 is 12.3 Å². The molecule has 0 spiro atoms. The lowest BCUT2D eigenvalue weighted by Gasteiger charge is -2.09. The highest BCUT2D eigenvalue weighted by molar-refractivity contribution is 6.04. The van der Waals surface area contributed by atoms with E-state index in [1.165, 1.54) is 10.9 Å².